The van der Waals surface area contributed by atoms with E-state index in [1.165, 1.54) is 24.3 Å². The molecule has 0 saturated carbocycles. The first kappa shape index (κ1) is 20.3. The lowest BCUT2D eigenvalue weighted by Gasteiger charge is -2.35. The van der Waals surface area contributed by atoms with Gasteiger partial charge in [-0.25, -0.2) is 30.8 Å². The molecule has 0 spiro atoms. The number of sulfonamides is 1. The van der Waals surface area contributed by atoms with Gasteiger partial charge in [0.15, 0.2) is 28.8 Å². The van der Waals surface area contributed by atoms with E-state index in [2.05, 4.69) is 0 Å². The van der Waals surface area contributed by atoms with Crippen molar-refractivity contribution in [3.05, 3.63) is 64.7 Å². The molecule has 0 radical (unpaired) electrons. The van der Waals surface area contributed by atoms with Gasteiger partial charge in [0.1, 0.15) is 4.90 Å². The van der Waals surface area contributed by atoms with Crippen LogP contribution in [0, 0.1) is 23.3 Å². The lowest BCUT2D eigenvalue weighted by molar-refractivity contribution is -0.150. The van der Waals surface area contributed by atoms with E-state index in [0.29, 0.717) is 4.31 Å². The van der Waals surface area contributed by atoms with Gasteiger partial charge in [0, 0.05) is 6.54 Å². The molecule has 1 atom stereocenters. The number of nitrogens with zero attached hydrogens (tertiary/aromatic N) is 1. The van der Waals surface area contributed by atoms with Crippen molar-refractivity contribution in [3.63, 3.8) is 0 Å². The van der Waals surface area contributed by atoms with Gasteiger partial charge in [-0.15, -0.1) is 0 Å². The average Bonchev–Trinajstić information content (AvgIpc) is 2.90. The molecule has 1 aliphatic rings. The summed E-state index contributed by atoms with van der Waals surface area (Å²) in [5.74, 6) is -9.82. The number of halogens is 4. The van der Waals surface area contributed by atoms with Crippen molar-refractivity contribution in [2.45, 2.75) is 23.8 Å². The quantitative estimate of drug-likeness (QED) is 0.332. The number of esters is 1. The lowest BCUT2D eigenvalue weighted by Crippen LogP contribution is -2.52. The van der Waals surface area contributed by atoms with Gasteiger partial charge in [0.2, 0.25) is 10.0 Å². The van der Waals surface area contributed by atoms with Crippen LogP contribution in [0.2, 0.25) is 0 Å². The fraction of sp³-hybridized carbons (Fsp3) is 0.278. The standard InChI is InChI=1S/C18H15F4NO4S/c1-3-9-23-18(17(24)27-2,10-7-5-4-6-8-10)11-12(19)13(20)14(21)15(22)16(11)28(23,25)26/h4-8H,3,9H2,1-2H3/t18-/m1/s1. The largest absolute Gasteiger partial charge is 0.467 e. The number of hydrogen-bond acceptors (Lipinski definition) is 4. The van der Waals surface area contributed by atoms with Crippen LogP contribution in [0.3, 0.4) is 0 Å². The molecule has 0 unspecified atom stereocenters. The topological polar surface area (TPSA) is 63.7 Å². The number of hydrogen-bond donors (Lipinski definition) is 0. The summed E-state index contributed by atoms with van der Waals surface area (Å²) in [6, 6.07) is 7.00. The van der Waals surface area contributed by atoms with Gasteiger partial charge in [-0.3, -0.25) is 0 Å². The highest BCUT2D eigenvalue weighted by Gasteiger charge is 2.64. The Balaban J connectivity index is 2.62. The molecular formula is C18H15F4NO4S. The van der Waals surface area contributed by atoms with Crippen molar-refractivity contribution in [1.82, 2.24) is 4.31 Å². The van der Waals surface area contributed by atoms with Crippen molar-refractivity contribution >= 4 is 16.0 Å². The van der Waals surface area contributed by atoms with Crippen LogP contribution in [-0.2, 0) is 25.1 Å². The molecule has 0 saturated heterocycles. The highest BCUT2D eigenvalue weighted by atomic mass is 32.2. The Morgan fingerprint density at radius 3 is 2.14 bits per heavy atom. The Morgan fingerprint density at radius 2 is 1.61 bits per heavy atom. The summed E-state index contributed by atoms with van der Waals surface area (Å²) < 4.78 is 88.7. The van der Waals surface area contributed by atoms with E-state index < -0.39 is 55.3 Å². The summed E-state index contributed by atoms with van der Waals surface area (Å²) in [6.07, 6.45) is 0.146. The first-order valence-electron chi connectivity index (χ1n) is 8.20. The Kier molecular flexibility index (Phi) is 4.96. The fourth-order valence-corrected chi connectivity index (χ4v) is 5.61. The van der Waals surface area contributed by atoms with E-state index >= 15 is 0 Å². The molecule has 1 aliphatic heterocycles. The highest BCUT2D eigenvalue weighted by molar-refractivity contribution is 7.89. The van der Waals surface area contributed by atoms with Crippen LogP contribution in [0.25, 0.3) is 0 Å². The molecular weight excluding hydrogens is 402 g/mol. The summed E-state index contributed by atoms with van der Waals surface area (Å²) in [7, 11) is -3.97. The van der Waals surface area contributed by atoms with Gasteiger partial charge < -0.3 is 4.74 Å². The Morgan fingerprint density at radius 1 is 1.04 bits per heavy atom. The molecule has 1 heterocycles. The van der Waals surface area contributed by atoms with E-state index in [9.17, 15) is 30.8 Å². The van der Waals surface area contributed by atoms with Crippen LogP contribution in [0.1, 0.15) is 24.5 Å². The summed E-state index contributed by atoms with van der Waals surface area (Å²) >= 11 is 0. The lowest BCUT2D eigenvalue weighted by atomic mass is 9.82. The molecule has 0 N–H and O–H groups in total. The minimum Gasteiger partial charge on any atom is -0.467 e. The summed E-state index contributed by atoms with van der Waals surface area (Å²) in [5.41, 5.74) is -3.77. The first-order valence-corrected chi connectivity index (χ1v) is 9.64. The van der Waals surface area contributed by atoms with Gasteiger partial charge in [-0.05, 0) is 12.0 Å². The number of carbonyl (C=O) groups is 1. The van der Waals surface area contributed by atoms with Crippen molar-refractivity contribution in [1.29, 1.82) is 0 Å². The van der Waals surface area contributed by atoms with E-state index in [1.54, 1.807) is 13.0 Å². The third kappa shape index (κ3) is 2.40. The smallest absolute Gasteiger partial charge is 0.336 e. The molecule has 0 fully saturated rings. The van der Waals surface area contributed by atoms with Gasteiger partial charge in [0.25, 0.3) is 0 Å². The molecule has 0 aromatic heterocycles. The monoisotopic (exact) mass is 417 g/mol. The third-order valence-electron chi connectivity index (χ3n) is 4.61. The van der Waals surface area contributed by atoms with E-state index in [4.69, 9.17) is 4.74 Å². The van der Waals surface area contributed by atoms with Gasteiger partial charge >= 0.3 is 5.97 Å². The predicted octanol–water partition coefficient (Wildman–Crippen LogP) is 3.07. The van der Waals surface area contributed by atoms with Crippen LogP contribution in [0.15, 0.2) is 35.2 Å². The molecule has 150 valence electrons. The maximum Gasteiger partial charge on any atom is 0.336 e. The SMILES string of the molecule is CCCN1[C@](C(=O)OC)(c2ccccc2)c2c(F)c(F)c(F)c(F)c2S1(=O)=O. The van der Waals surface area contributed by atoms with E-state index in [0.717, 1.165) is 7.11 Å². The molecule has 0 amide bonds. The predicted molar refractivity (Wildman–Crippen MR) is 89.7 cm³/mol. The van der Waals surface area contributed by atoms with E-state index in [-0.39, 0.29) is 18.5 Å². The van der Waals surface area contributed by atoms with Crippen LogP contribution >= 0.6 is 0 Å². The number of fused-ring (bicyclic) bond motifs is 1. The van der Waals surface area contributed by atoms with Crippen molar-refractivity contribution in [2.24, 2.45) is 0 Å². The van der Waals surface area contributed by atoms with Crippen LogP contribution < -0.4 is 0 Å². The molecule has 0 bridgehead atoms. The zero-order valence-corrected chi connectivity index (χ0v) is 15.6. The zero-order valence-electron chi connectivity index (χ0n) is 14.8. The molecule has 2 aromatic rings. The second-order valence-electron chi connectivity index (χ2n) is 6.11. The number of benzene rings is 2. The summed E-state index contributed by atoms with van der Waals surface area (Å²) in [4.78, 5) is 11.5. The zero-order chi connectivity index (χ0) is 20.9. The molecule has 5 nitrogen and oxygen atoms in total. The molecule has 3 rings (SSSR count). The third-order valence-corrected chi connectivity index (χ3v) is 6.54. The molecule has 10 heteroatoms. The van der Waals surface area contributed by atoms with Crippen LogP contribution in [0.4, 0.5) is 17.6 Å². The molecule has 2 aromatic carbocycles. The normalized spacial score (nSPS) is 20.8. The fourth-order valence-electron chi connectivity index (χ4n) is 3.52. The van der Waals surface area contributed by atoms with Crippen LogP contribution in [0.5, 0.6) is 0 Å². The van der Waals surface area contributed by atoms with Crippen molar-refractivity contribution < 1.29 is 35.5 Å². The highest BCUT2D eigenvalue weighted by Crippen LogP contribution is 2.52. The number of rotatable bonds is 4. The second kappa shape index (κ2) is 6.85. The van der Waals surface area contributed by atoms with Crippen molar-refractivity contribution in [3.8, 4) is 0 Å². The average molecular weight is 417 g/mol. The van der Waals surface area contributed by atoms with Crippen molar-refractivity contribution in [2.75, 3.05) is 13.7 Å². The summed E-state index contributed by atoms with van der Waals surface area (Å²) in [5, 5.41) is 0. The molecule has 28 heavy (non-hydrogen) atoms. The molecule has 0 aliphatic carbocycles. The maximum atomic E-state index is 14.9. The van der Waals surface area contributed by atoms with E-state index in [1.807, 2.05) is 0 Å². The van der Waals surface area contributed by atoms with Crippen LogP contribution in [-0.4, -0.2) is 32.3 Å². The van der Waals surface area contributed by atoms with Gasteiger partial charge in [-0.2, -0.15) is 4.31 Å². The maximum absolute atomic E-state index is 14.9. The Labute approximate surface area is 158 Å². The Hall–Kier alpha value is -2.46. The first-order chi connectivity index (χ1) is 13.2. The number of carbonyl (C=O) groups excluding carboxylic acids is 1. The number of methoxy groups -OCH3 is 1. The van der Waals surface area contributed by atoms with Gasteiger partial charge in [-0.1, -0.05) is 37.3 Å². The minimum absolute atomic E-state index is 0.0954. The minimum atomic E-state index is -4.90. The van der Waals surface area contributed by atoms with Gasteiger partial charge in [0.05, 0.1) is 12.7 Å². The second-order valence-corrected chi connectivity index (χ2v) is 7.90. The summed E-state index contributed by atoms with van der Waals surface area (Å²) in [6.45, 7) is 1.21. The Bertz CT molecular complexity index is 1060. The number of ether oxygens (including phenoxy) is 1.